The van der Waals surface area contributed by atoms with Crippen molar-refractivity contribution in [3.05, 3.63) is 87.5 Å². The van der Waals surface area contributed by atoms with E-state index in [1.54, 1.807) is 42.5 Å². The molecule has 0 bridgehead atoms. The van der Waals surface area contributed by atoms with Crippen LogP contribution in [0.2, 0.25) is 0 Å². The van der Waals surface area contributed by atoms with E-state index in [-0.39, 0.29) is 23.0 Å². The van der Waals surface area contributed by atoms with Gasteiger partial charge in [0.2, 0.25) is 0 Å². The number of allylic oxidation sites excluding steroid dienone is 1. The summed E-state index contributed by atoms with van der Waals surface area (Å²) >= 11 is 0. The fraction of sp³-hybridized carbons (Fsp3) is 0.0952. The topological polar surface area (TPSA) is 145 Å². The number of hydrogen-bond acceptors (Lipinski definition) is 6. The number of fused-ring (bicyclic) bond motifs is 1. The summed E-state index contributed by atoms with van der Waals surface area (Å²) in [7, 11) is 0. The van der Waals surface area contributed by atoms with Crippen molar-refractivity contribution in [2.24, 2.45) is 0 Å². The molecule has 0 saturated heterocycles. The summed E-state index contributed by atoms with van der Waals surface area (Å²) < 4.78 is 0.711. The molecule has 1 amide bonds. The molecule has 1 aromatic heterocycles. The van der Waals surface area contributed by atoms with Crippen LogP contribution in [0.25, 0.3) is 10.8 Å². The molecular formula is C21H16N4O5. The zero-order chi connectivity index (χ0) is 21.7. The van der Waals surface area contributed by atoms with Gasteiger partial charge in [0.25, 0.3) is 11.5 Å². The molecular weight excluding hydrogens is 388 g/mol. The van der Waals surface area contributed by atoms with Gasteiger partial charge in [-0.25, -0.2) is 9.48 Å². The molecule has 0 fully saturated rings. The smallest absolute Gasteiger partial charge is 0.357 e. The molecule has 0 unspecified atom stereocenters. The molecule has 3 rings (SSSR count). The van der Waals surface area contributed by atoms with Gasteiger partial charge in [-0.3, -0.25) is 9.59 Å². The minimum Gasteiger partial charge on any atom is -0.509 e. The molecule has 9 heteroatoms. The van der Waals surface area contributed by atoms with E-state index in [0.717, 1.165) is 5.56 Å². The number of carboxylic acid groups (broad SMARTS) is 1. The second-order valence-corrected chi connectivity index (χ2v) is 6.26. The second kappa shape index (κ2) is 8.70. The summed E-state index contributed by atoms with van der Waals surface area (Å²) in [6.45, 7) is -0.499. The van der Waals surface area contributed by atoms with E-state index in [1.165, 1.54) is 12.1 Å². The molecule has 0 aliphatic heterocycles. The first-order valence-corrected chi connectivity index (χ1v) is 8.80. The quantitative estimate of drug-likeness (QED) is 0.322. The predicted molar refractivity (Wildman–Crippen MR) is 107 cm³/mol. The molecule has 2 aromatic carbocycles. The Labute approximate surface area is 170 Å². The Morgan fingerprint density at radius 3 is 2.30 bits per heavy atom. The van der Waals surface area contributed by atoms with Crippen LogP contribution in [0.5, 0.6) is 0 Å². The first-order valence-electron chi connectivity index (χ1n) is 8.80. The molecule has 0 saturated carbocycles. The Balaban J connectivity index is 1.92. The van der Waals surface area contributed by atoms with Gasteiger partial charge in [-0.05, 0) is 11.6 Å². The third-order valence-electron chi connectivity index (χ3n) is 4.29. The van der Waals surface area contributed by atoms with Crippen LogP contribution < -0.4 is 10.9 Å². The lowest BCUT2D eigenvalue weighted by Crippen LogP contribution is -2.29. The summed E-state index contributed by atoms with van der Waals surface area (Å²) in [5.41, 5.74) is -0.847. The average Bonchev–Trinajstić information content (AvgIpc) is 2.75. The molecule has 0 aliphatic rings. The minimum atomic E-state index is -1.36. The number of carbonyl (C=O) groups is 2. The lowest BCUT2D eigenvalue weighted by atomic mass is 10.1. The van der Waals surface area contributed by atoms with Crippen LogP contribution in [0.1, 0.15) is 16.1 Å². The van der Waals surface area contributed by atoms with E-state index in [1.807, 2.05) is 6.07 Å². The van der Waals surface area contributed by atoms with Crippen LogP contribution in [0.3, 0.4) is 0 Å². The summed E-state index contributed by atoms with van der Waals surface area (Å²) in [4.78, 5) is 36.4. The van der Waals surface area contributed by atoms with E-state index in [9.17, 15) is 29.9 Å². The normalized spacial score (nSPS) is 11.4. The molecule has 30 heavy (non-hydrogen) atoms. The maximum atomic E-state index is 12.6. The highest BCUT2D eigenvalue weighted by Crippen LogP contribution is 2.14. The summed E-state index contributed by atoms with van der Waals surface area (Å²) in [6.07, 6.45) is 0. The van der Waals surface area contributed by atoms with Crippen molar-refractivity contribution in [2.75, 3.05) is 0 Å². The van der Waals surface area contributed by atoms with Crippen LogP contribution in [-0.2, 0) is 17.9 Å². The molecule has 150 valence electrons. The van der Waals surface area contributed by atoms with Crippen molar-refractivity contribution >= 4 is 22.6 Å². The molecule has 0 atom stereocenters. The lowest BCUT2D eigenvalue weighted by molar-refractivity contribution is -0.117. The van der Waals surface area contributed by atoms with Gasteiger partial charge in [0.15, 0.2) is 11.3 Å². The lowest BCUT2D eigenvalue weighted by Gasteiger charge is -2.10. The van der Waals surface area contributed by atoms with Crippen molar-refractivity contribution in [1.29, 1.82) is 5.26 Å². The monoisotopic (exact) mass is 404 g/mol. The SMILES string of the molecule is N#CC(C(=O)NCc1ccccc1)=C(O)Cn1nc(C(=O)O)c2ccccc2c1=O. The number of aromatic nitrogens is 2. The Hall–Kier alpha value is -4.45. The molecule has 0 aliphatic carbocycles. The fourth-order valence-corrected chi connectivity index (χ4v) is 2.83. The number of nitrogens with one attached hydrogen (secondary N) is 1. The van der Waals surface area contributed by atoms with Crippen molar-refractivity contribution in [2.45, 2.75) is 13.1 Å². The Morgan fingerprint density at radius 1 is 1.03 bits per heavy atom. The number of nitrogens with zero attached hydrogens (tertiary/aromatic N) is 3. The van der Waals surface area contributed by atoms with Crippen molar-refractivity contribution in [1.82, 2.24) is 15.1 Å². The Kier molecular flexibility index (Phi) is 5.89. The van der Waals surface area contributed by atoms with Gasteiger partial charge in [-0.1, -0.05) is 48.5 Å². The third kappa shape index (κ3) is 4.18. The van der Waals surface area contributed by atoms with E-state index in [0.29, 0.717) is 4.68 Å². The minimum absolute atomic E-state index is 0.0877. The van der Waals surface area contributed by atoms with Crippen LogP contribution in [-0.4, -0.2) is 31.9 Å². The number of nitriles is 1. The molecule has 0 spiro atoms. The van der Waals surface area contributed by atoms with Crippen LogP contribution in [0, 0.1) is 11.3 Å². The Bertz CT molecular complexity index is 1260. The van der Waals surface area contributed by atoms with Gasteiger partial charge in [-0.2, -0.15) is 10.4 Å². The molecule has 0 radical (unpaired) electrons. The van der Waals surface area contributed by atoms with Crippen LogP contribution in [0.4, 0.5) is 0 Å². The maximum Gasteiger partial charge on any atom is 0.357 e. The van der Waals surface area contributed by atoms with E-state index in [2.05, 4.69) is 10.4 Å². The van der Waals surface area contributed by atoms with Gasteiger partial charge in [0.05, 0.1) is 5.39 Å². The molecule has 1 heterocycles. The highest BCUT2D eigenvalue weighted by atomic mass is 16.4. The highest BCUT2D eigenvalue weighted by Gasteiger charge is 2.19. The number of aromatic carboxylic acids is 1. The van der Waals surface area contributed by atoms with Gasteiger partial charge in [0, 0.05) is 11.9 Å². The van der Waals surface area contributed by atoms with Crippen molar-refractivity contribution in [3.8, 4) is 6.07 Å². The Morgan fingerprint density at radius 2 is 1.67 bits per heavy atom. The maximum absolute atomic E-state index is 12.6. The number of aliphatic hydroxyl groups excluding tert-OH is 1. The molecule has 9 nitrogen and oxygen atoms in total. The highest BCUT2D eigenvalue weighted by molar-refractivity contribution is 6.01. The summed E-state index contributed by atoms with van der Waals surface area (Å²) in [6, 6.07) is 16.6. The first kappa shape index (κ1) is 20.3. The summed E-state index contributed by atoms with van der Waals surface area (Å²) in [5, 5.41) is 35.5. The van der Waals surface area contributed by atoms with E-state index in [4.69, 9.17) is 0 Å². The number of benzene rings is 2. The average molecular weight is 404 g/mol. The number of rotatable bonds is 6. The number of aliphatic hydroxyl groups is 1. The van der Waals surface area contributed by atoms with Gasteiger partial charge in [-0.15, -0.1) is 0 Å². The largest absolute Gasteiger partial charge is 0.509 e. The summed E-state index contributed by atoms with van der Waals surface area (Å²) in [5.74, 6) is -2.89. The van der Waals surface area contributed by atoms with Gasteiger partial charge < -0.3 is 15.5 Å². The number of hydrogen-bond donors (Lipinski definition) is 3. The zero-order valence-corrected chi connectivity index (χ0v) is 15.6. The fourth-order valence-electron chi connectivity index (χ4n) is 2.83. The standard InChI is InChI=1S/C21H16N4O5/c22-10-16(19(27)23-11-13-6-2-1-3-7-13)17(26)12-25-20(28)15-9-5-4-8-14(15)18(24-25)21(29)30/h1-9,26H,11-12H2,(H,23,27)(H,29,30). The number of amides is 1. The number of carboxylic acids is 1. The third-order valence-corrected chi connectivity index (χ3v) is 4.29. The molecule has 3 aromatic rings. The van der Waals surface area contributed by atoms with Crippen molar-refractivity contribution in [3.63, 3.8) is 0 Å². The van der Waals surface area contributed by atoms with Gasteiger partial charge >= 0.3 is 5.97 Å². The zero-order valence-electron chi connectivity index (χ0n) is 15.6. The molecule has 3 N–H and O–H groups in total. The van der Waals surface area contributed by atoms with Crippen LogP contribution >= 0.6 is 0 Å². The van der Waals surface area contributed by atoms with Crippen LogP contribution in [0.15, 0.2) is 70.7 Å². The van der Waals surface area contributed by atoms with Crippen molar-refractivity contribution < 1.29 is 19.8 Å². The van der Waals surface area contributed by atoms with E-state index >= 15 is 0 Å². The van der Waals surface area contributed by atoms with E-state index < -0.39 is 35.3 Å². The van der Waals surface area contributed by atoms with Gasteiger partial charge in [0.1, 0.15) is 18.4 Å². The predicted octanol–water partition coefficient (Wildman–Crippen LogP) is 1.75. The number of carbonyl (C=O) groups excluding carboxylic acids is 1. The second-order valence-electron chi connectivity index (χ2n) is 6.26. The first-order chi connectivity index (χ1) is 14.4.